The molecule has 21 heavy (non-hydrogen) atoms. The van der Waals surface area contributed by atoms with Crippen LogP contribution in [0.4, 0.5) is 0 Å². The van der Waals surface area contributed by atoms with E-state index in [0.29, 0.717) is 5.41 Å². The van der Waals surface area contributed by atoms with Crippen LogP contribution in [0.25, 0.3) is 10.1 Å². The zero-order valence-electron chi connectivity index (χ0n) is 11.9. The highest BCUT2D eigenvalue weighted by Gasteiger charge is 2.40. The zero-order chi connectivity index (χ0) is 13.6. The molecule has 1 aromatic heterocycles. The summed E-state index contributed by atoms with van der Waals surface area (Å²) in [5, 5.41) is 5.70. The number of rotatable bonds is 2. The molecule has 114 valence electrons. The van der Waals surface area contributed by atoms with Crippen LogP contribution >= 0.6 is 35.3 Å². The van der Waals surface area contributed by atoms with Gasteiger partial charge in [0.05, 0.1) is 5.02 Å². The van der Waals surface area contributed by atoms with E-state index in [9.17, 15) is 0 Å². The van der Waals surface area contributed by atoms with Crippen LogP contribution < -0.4 is 5.32 Å². The van der Waals surface area contributed by atoms with E-state index in [-0.39, 0.29) is 12.4 Å². The van der Waals surface area contributed by atoms with E-state index < -0.39 is 0 Å². The molecule has 0 radical (unpaired) electrons. The largest absolute Gasteiger partial charge is 0.316 e. The van der Waals surface area contributed by atoms with E-state index in [1.54, 1.807) is 0 Å². The number of benzene rings is 1. The predicted molar refractivity (Wildman–Crippen MR) is 93.9 cm³/mol. The summed E-state index contributed by atoms with van der Waals surface area (Å²) in [6.07, 6.45) is 2.67. The number of hydrogen-bond acceptors (Lipinski definition) is 3. The Morgan fingerprint density at radius 1 is 1.29 bits per heavy atom. The molecular formula is C16H20Cl2N2S. The molecule has 3 heterocycles. The molecular weight excluding hydrogens is 323 g/mol. The molecule has 0 amide bonds. The van der Waals surface area contributed by atoms with Gasteiger partial charge in [-0.05, 0) is 37.4 Å². The van der Waals surface area contributed by atoms with Crippen molar-refractivity contribution in [3.63, 3.8) is 0 Å². The average molecular weight is 343 g/mol. The standard InChI is InChI=1S/C16H19ClN2S.ClH/c17-15-12-3-1-2-4-13(12)20-14(15)9-19-8-6-16(11-19)5-7-18-10-16;/h1-4,18H,5-11H2;1H. The lowest BCUT2D eigenvalue weighted by molar-refractivity contribution is 0.270. The molecule has 0 aliphatic carbocycles. The Hall–Kier alpha value is -0.320. The van der Waals surface area contributed by atoms with Gasteiger partial charge in [-0.2, -0.15) is 0 Å². The van der Waals surface area contributed by atoms with Crippen molar-refractivity contribution < 1.29 is 0 Å². The van der Waals surface area contributed by atoms with E-state index >= 15 is 0 Å². The maximum absolute atomic E-state index is 6.56. The van der Waals surface area contributed by atoms with Gasteiger partial charge in [0.2, 0.25) is 0 Å². The fourth-order valence-electron chi connectivity index (χ4n) is 3.68. The predicted octanol–water partition coefficient (Wildman–Crippen LogP) is 4.16. The molecule has 1 unspecified atom stereocenters. The normalized spacial score (nSPS) is 25.8. The third-order valence-corrected chi connectivity index (χ3v) is 6.52. The molecule has 5 heteroatoms. The van der Waals surface area contributed by atoms with Gasteiger partial charge in [-0.3, -0.25) is 4.90 Å². The van der Waals surface area contributed by atoms with Gasteiger partial charge in [-0.15, -0.1) is 23.7 Å². The second-order valence-corrected chi connectivity index (χ2v) is 7.74. The summed E-state index contributed by atoms with van der Waals surface area (Å²) in [5.74, 6) is 0. The van der Waals surface area contributed by atoms with Crippen molar-refractivity contribution in [2.24, 2.45) is 5.41 Å². The van der Waals surface area contributed by atoms with Crippen molar-refractivity contribution in [1.29, 1.82) is 0 Å². The summed E-state index contributed by atoms with van der Waals surface area (Å²) in [5.41, 5.74) is 0.545. The Morgan fingerprint density at radius 3 is 2.90 bits per heavy atom. The van der Waals surface area contributed by atoms with Gasteiger partial charge in [-0.1, -0.05) is 29.8 Å². The first-order valence-electron chi connectivity index (χ1n) is 7.35. The quantitative estimate of drug-likeness (QED) is 0.881. The Morgan fingerprint density at radius 2 is 2.14 bits per heavy atom. The van der Waals surface area contributed by atoms with Gasteiger partial charge in [-0.25, -0.2) is 0 Å². The minimum Gasteiger partial charge on any atom is -0.316 e. The van der Waals surface area contributed by atoms with Crippen LogP contribution in [0.3, 0.4) is 0 Å². The topological polar surface area (TPSA) is 15.3 Å². The lowest BCUT2D eigenvalue weighted by atomic mass is 9.87. The highest BCUT2D eigenvalue weighted by molar-refractivity contribution is 7.19. The molecule has 1 spiro atoms. The Kier molecular flexibility index (Phi) is 4.49. The monoisotopic (exact) mass is 342 g/mol. The number of halogens is 2. The summed E-state index contributed by atoms with van der Waals surface area (Å²) in [6.45, 7) is 5.85. The van der Waals surface area contributed by atoms with Crippen LogP contribution in [0.5, 0.6) is 0 Å². The molecule has 2 aliphatic rings. The van der Waals surface area contributed by atoms with Crippen molar-refractivity contribution in [2.75, 3.05) is 26.2 Å². The van der Waals surface area contributed by atoms with Gasteiger partial charge in [0.25, 0.3) is 0 Å². The SMILES string of the molecule is Cl.Clc1c(CN2CCC3(CCNC3)C2)sc2ccccc12. The fraction of sp³-hybridized carbons (Fsp3) is 0.500. The number of fused-ring (bicyclic) bond motifs is 1. The molecule has 1 atom stereocenters. The second-order valence-electron chi connectivity index (χ2n) is 6.22. The fourth-order valence-corrected chi connectivity index (χ4v) is 5.21. The maximum atomic E-state index is 6.56. The summed E-state index contributed by atoms with van der Waals surface area (Å²) in [7, 11) is 0. The molecule has 2 aliphatic heterocycles. The van der Waals surface area contributed by atoms with Gasteiger partial charge >= 0.3 is 0 Å². The lowest BCUT2D eigenvalue weighted by Gasteiger charge is -2.22. The molecule has 0 bridgehead atoms. The Balaban J connectivity index is 0.00000132. The first-order chi connectivity index (χ1) is 9.76. The highest BCUT2D eigenvalue weighted by atomic mass is 35.5. The molecule has 2 fully saturated rings. The van der Waals surface area contributed by atoms with Crippen molar-refractivity contribution in [3.05, 3.63) is 34.2 Å². The molecule has 2 aromatic rings. The third-order valence-electron chi connectivity index (χ3n) is 4.82. The smallest absolute Gasteiger partial charge is 0.0637 e. The van der Waals surface area contributed by atoms with E-state index in [0.717, 1.165) is 11.6 Å². The van der Waals surface area contributed by atoms with Crippen LogP contribution in [0.2, 0.25) is 5.02 Å². The molecule has 1 N–H and O–H groups in total. The van der Waals surface area contributed by atoms with Crippen LogP contribution in [-0.2, 0) is 6.54 Å². The maximum Gasteiger partial charge on any atom is 0.0637 e. The van der Waals surface area contributed by atoms with Crippen LogP contribution in [-0.4, -0.2) is 31.1 Å². The second kappa shape index (κ2) is 6.05. The summed E-state index contributed by atoms with van der Waals surface area (Å²) in [4.78, 5) is 3.92. The van der Waals surface area contributed by atoms with Crippen molar-refractivity contribution in [1.82, 2.24) is 10.2 Å². The van der Waals surface area contributed by atoms with E-state index in [1.165, 1.54) is 54.0 Å². The average Bonchev–Trinajstić information content (AvgIpc) is 3.15. The minimum atomic E-state index is 0. The van der Waals surface area contributed by atoms with E-state index in [4.69, 9.17) is 11.6 Å². The number of thiophene rings is 1. The van der Waals surface area contributed by atoms with Gasteiger partial charge in [0.1, 0.15) is 0 Å². The van der Waals surface area contributed by atoms with Crippen LogP contribution in [0, 0.1) is 5.41 Å². The van der Waals surface area contributed by atoms with E-state index in [2.05, 4.69) is 34.5 Å². The highest BCUT2D eigenvalue weighted by Crippen LogP contribution is 2.40. The van der Waals surface area contributed by atoms with Crippen LogP contribution in [0.1, 0.15) is 17.7 Å². The van der Waals surface area contributed by atoms with Crippen molar-refractivity contribution >= 4 is 45.4 Å². The van der Waals surface area contributed by atoms with Gasteiger partial charge < -0.3 is 5.32 Å². The first kappa shape index (κ1) is 15.6. The Labute approximate surface area is 140 Å². The van der Waals surface area contributed by atoms with Crippen molar-refractivity contribution in [2.45, 2.75) is 19.4 Å². The van der Waals surface area contributed by atoms with Gasteiger partial charge in [0.15, 0.2) is 0 Å². The number of likely N-dealkylation sites (tertiary alicyclic amines) is 1. The number of nitrogens with zero attached hydrogens (tertiary/aromatic N) is 1. The summed E-state index contributed by atoms with van der Waals surface area (Å²) >= 11 is 8.41. The number of hydrogen-bond donors (Lipinski definition) is 1. The minimum absolute atomic E-state index is 0. The molecule has 2 saturated heterocycles. The lowest BCUT2D eigenvalue weighted by Crippen LogP contribution is -2.28. The molecule has 0 saturated carbocycles. The summed E-state index contributed by atoms with van der Waals surface area (Å²) in [6, 6.07) is 8.46. The number of nitrogens with one attached hydrogen (secondary N) is 1. The van der Waals surface area contributed by atoms with Crippen LogP contribution in [0.15, 0.2) is 24.3 Å². The van der Waals surface area contributed by atoms with Crippen molar-refractivity contribution in [3.8, 4) is 0 Å². The zero-order valence-corrected chi connectivity index (χ0v) is 14.3. The summed E-state index contributed by atoms with van der Waals surface area (Å²) < 4.78 is 1.31. The third kappa shape index (κ3) is 2.82. The molecule has 1 aromatic carbocycles. The van der Waals surface area contributed by atoms with Gasteiger partial charge in [0, 0.05) is 34.6 Å². The molecule has 4 rings (SSSR count). The first-order valence-corrected chi connectivity index (χ1v) is 8.54. The Bertz CT molecular complexity index is 634. The van der Waals surface area contributed by atoms with E-state index in [1.807, 2.05) is 11.3 Å². The molecule has 2 nitrogen and oxygen atoms in total.